The maximum Gasteiger partial charge on any atom is 0.257 e. The van der Waals surface area contributed by atoms with E-state index in [1.807, 2.05) is 0 Å². The van der Waals surface area contributed by atoms with Crippen molar-refractivity contribution in [3.63, 3.8) is 0 Å². The van der Waals surface area contributed by atoms with Gasteiger partial charge in [-0.3, -0.25) is 4.79 Å². The highest BCUT2D eigenvalue weighted by Crippen LogP contribution is 2.05. The molecule has 16 heavy (non-hydrogen) atoms. The van der Waals surface area contributed by atoms with E-state index in [0.29, 0.717) is 5.56 Å². The molecular weight excluding hydrogens is 251 g/mol. The number of piperazine rings is 1. The quantitative estimate of drug-likeness (QED) is 0.754. The zero-order chi connectivity index (χ0) is 10.7. The number of amides is 1. The Morgan fingerprint density at radius 2 is 1.88 bits per heavy atom. The fraction of sp³-hybridized carbons (Fsp3) is 0.444. The van der Waals surface area contributed by atoms with Gasteiger partial charge in [0.15, 0.2) is 0 Å². The summed E-state index contributed by atoms with van der Waals surface area (Å²) in [6.07, 6.45) is 2.92. The van der Waals surface area contributed by atoms with Gasteiger partial charge in [0.05, 0.1) is 5.56 Å². The van der Waals surface area contributed by atoms with Crippen molar-refractivity contribution in [1.82, 2.24) is 20.2 Å². The van der Waals surface area contributed by atoms with E-state index in [1.54, 1.807) is 4.90 Å². The minimum absolute atomic E-state index is 0. The summed E-state index contributed by atoms with van der Waals surface area (Å²) in [5.74, 6) is -0.0341. The molecule has 1 fully saturated rings. The predicted octanol–water partition coefficient (Wildman–Crippen LogP) is 0.597. The third-order valence-corrected chi connectivity index (χ3v) is 2.47. The van der Waals surface area contributed by atoms with Crippen molar-refractivity contribution in [3.05, 3.63) is 23.2 Å². The van der Waals surface area contributed by atoms with E-state index in [0.717, 1.165) is 26.2 Å². The molecule has 1 aromatic rings. The van der Waals surface area contributed by atoms with Gasteiger partial charge in [-0.15, -0.1) is 12.4 Å². The molecule has 0 atom stereocenters. The van der Waals surface area contributed by atoms with Gasteiger partial charge in [-0.05, 0) is 11.6 Å². The molecule has 1 amide bonds. The van der Waals surface area contributed by atoms with Gasteiger partial charge in [0.1, 0.15) is 0 Å². The molecule has 0 spiro atoms. The summed E-state index contributed by atoms with van der Waals surface area (Å²) in [4.78, 5) is 21.2. The highest BCUT2D eigenvalue weighted by Gasteiger charge is 2.18. The molecule has 1 aliphatic rings. The van der Waals surface area contributed by atoms with Gasteiger partial charge in [-0.25, -0.2) is 9.97 Å². The standard InChI is InChI=1S/C9H11ClN4O.ClH/c10-9-12-5-7(6-13-9)8(15)14-3-1-11-2-4-14;/h5-6,11H,1-4H2;1H. The predicted molar refractivity (Wildman–Crippen MR) is 63.1 cm³/mol. The number of hydrogen-bond donors (Lipinski definition) is 1. The van der Waals surface area contributed by atoms with E-state index in [-0.39, 0.29) is 23.6 Å². The molecule has 0 radical (unpaired) electrons. The summed E-state index contributed by atoms with van der Waals surface area (Å²) in [6, 6.07) is 0. The minimum atomic E-state index is -0.0341. The van der Waals surface area contributed by atoms with Crippen LogP contribution < -0.4 is 5.32 Å². The first kappa shape index (κ1) is 13.2. The molecule has 7 heteroatoms. The highest BCUT2D eigenvalue weighted by atomic mass is 35.5. The monoisotopic (exact) mass is 262 g/mol. The van der Waals surface area contributed by atoms with Crippen molar-refractivity contribution in [2.45, 2.75) is 0 Å². The Bertz CT molecular complexity index is 351. The Balaban J connectivity index is 0.00000128. The van der Waals surface area contributed by atoms with Crippen LogP contribution in [-0.4, -0.2) is 47.0 Å². The van der Waals surface area contributed by atoms with Crippen LogP contribution in [0.4, 0.5) is 0 Å². The second-order valence-electron chi connectivity index (χ2n) is 3.28. The van der Waals surface area contributed by atoms with E-state index in [1.165, 1.54) is 12.4 Å². The number of rotatable bonds is 1. The first-order chi connectivity index (χ1) is 7.27. The summed E-state index contributed by atoms with van der Waals surface area (Å²) < 4.78 is 0. The molecule has 1 aromatic heterocycles. The van der Waals surface area contributed by atoms with Crippen LogP contribution in [0.2, 0.25) is 5.28 Å². The first-order valence-corrected chi connectivity index (χ1v) is 5.13. The van der Waals surface area contributed by atoms with Crippen molar-refractivity contribution in [1.29, 1.82) is 0 Å². The lowest BCUT2D eigenvalue weighted by atomic mass is 10.2. The molecule has 5 nitrogen and oxygen atoms in total. The summed E-state index contributed by atoms with van der Waals surface area (Å²) in [5, 5.41) is 3.34. The summed E-state index contributed by atoms with van der Waals surface area (Å²) in [7, 11) is 0. The first-order valence-electron chi connectivity index (χ1n) is 4.75. The number of nitrogens with zero attached hydrogens (tertiary/aromatic N) is 3. The van der Waals surface area contributed by atoms with E-state index in [4.69, 9.17) is 11.6 Å². The van der Waals surface area contributed by atoms with Crippen LogP contribution in [-0.2, 0) is 0 Å². The Labute approximate surface area is 105 Å². The SMILES string of the molecule is Cl.O=C(c1cnc(Cl)nc1)N1CCNCC1. The van der Waals surface area contributed by atoms with Crippen LogP contribution in [0.25, 0.3) is 0 Å². The van der Waals surface area contributed by atoms with Crippen LogP contribution in [0.15, 0.2) is 12.4 Å². The van der Waals surface area contributed by atoms with E-state index < -0.39 is 0 Å². The highest BCUT2D eigenvalue weighted by molar-refractivity contribution is 6.28. The summed E-state index contributed by atoms with van der Waals surface area (Å²) in [6.45, 7) is 3.11. The molecule has 0 saturated carbocycles. The van der Waals surface area contributed by atoms with Crippen LogP contribution in [0.3, 0.4) is 0 Å². The van der Waals surface area contributed by atoms with E-state index in [9.17, 15) is 4.79 Å². The zero-order valence-electron chi connectivity index (χ0n) is 8.52. The van der Waals surface area contributed by atoms with Gasteiger partial charge in [0.2, 0.25) is 5.28 Å². The van der Waals surface area contributed by atoms with Gasteiger partial charge < -0.3 is 10.2 Å². The van der Waals surface area contributed by atoms with Crippen molar-refractivity contribution in [2.75, 3.05) is 26.2 Å². The van der Waals surface area contributed by atoms with Crippen molar-refractivity contribution < 1.29 is 4.79 Å². The average Bonchev–Trinajstić information content (AvgIpc) is 2.30. The molecule has 1 saturated heterocycles. The topological polar surface area (TPSA) is 58.1 Å². The third-order valence-electron chi connectivity index (χ3n) is 2.27. The lowest BCUT2D eigenvalue weighted by molar-refractivity contribution is 0.0735. The largest absolute Gasteiger partial charge is 0.336 e. The van der Waals surface area contributed by atoms with Gasteiger partial charge in [-0.1, -0.05) is 0 Å². The number of aromatic nitrogens is 2. The Kier molecular flexibility index (Phi) is 4.92. The number of hydrogen-bond acceptors (Lipinski definition) is 4. The molecule has 2 heterocycles. The normalized spacial score (nSPS) is 15.4. The lowest BCUT2D eigenvalue weighted by Crippen LogP contribution is -2.46. The molecule has 2 rings (SSSR count). The van der Waals surface area contributed by atoms with Crippen molar-refractivity contribution in [3.8, 4) is 0 Å². The molecule has 88 valence electrons. The molecule has 0 aliphatic carbocycles. The smallest absolute Gasteiger partial charge is 0.257 e. The van der Waals surface area contributed by atoms with E-state index in [2.05, 4.69) is 15.3 Å². The number of halogens is 2. The minimum Gasteiger partial charge on any atom is -0.336 e. The molecule has 1 N–H and O–H groups in total. The summed E-state index contributed by atoms with van der Waals surface area (Å²) >= 11 is 5.55. The zero-order valence-corrected chi connectivity index (χ0v) is 10.1. The van der Waals surface area contributed by atoms with Gasteiger partial charge in [-0.2, -0.15) is 0 Å². The second-order valence-corrected chi connectivity index (χ2v) is 3.62. The molecule has 0 bridgehead atoms. The van der Waals surface area contributed by atoms with Gasteiger partial charge in [0.25, 0.3) is 5.91 Å². The van der Waals surface area contributed by atoms with Crippen LogP contribution >= 0.6 is 24.0 Å². The molecule has 1 aliphatic heterocycles. The van der Waals surface area contributed by atoms with E-state index >= 15 is 0 Å². The Morgan fingerprint density at radius 3 is 2.44 bits per heavy atom. The van der Waals surface area contributed by atoms with Crippen LogP contribution in [0, 0.1) is 0 Å². The lowest BCUT2D eigenvalue weighted by Gasteiger charge is -2.27. The molecular formula is C9H12Cl2N4O. The summed E-state index contributed by atoms with van der Waals surface area (Å²) in [5.41, 5.74) is 0.487. The Hall–Kier alpha value is -0.910. The van der Waals surface area contributed by atoms with Gasteiger partial charge in [0, 0.05) is 38.6 Å². The average molecular weight is 263 g/mol. The maximum atomic E-state index is 11.9. The molecule has 0 unspecified atom stereocenters. The maximum absolute atomic E-state index is 11.9. The Morgan fingerprint density at radius 1 is 1.31 bits per heavy atom. The fourth-order valence-corrected chi connectivity index (χ4v) is 1.57. The second kappa shape index (κ2) is 5.98. The third kappa shape index (κ3) is 3.04. The number of carbonyl (C=O) groups excluding carboxylic acids is 1. The fourth-order valence-electron chi connectivity index (χ4n) is 1.47. The molecule has 0 aromatic carbocycles. The van der Waals surface area contributed by atoms with Crippen molar-refractivity contribution >= 4 is 29.9 Å². The van der Waals surface area contributed by atoms with Crippen molar-refractivity contribution in [2.24, 2.45) is 0 Å². The number of carbonyl (C=O) groups is 1. The number of nitrogens with one attached hydrogen (secondary N) is 1. The van der Waals surface area contributed by atoms with Crippen LogP contribution in [0.1, 0.15) is 10.4 Å². The van der Waals surface area contributed by atoms with Gasteiger partial charge >= 0.3 is 0 Å². The van der Waals surface area contributed by atoms with Crippen LogP contribution in [0.5, 0.6) is 0 Å².